The summed E-state index contributed by atoms with van der Waals surface area (Å²) in [6.07, 6.45) is 0. The number of phenols is 1. The highest BCUT2D eigenvalue weighted by atomic mass is 35.5. The fourth-order valence-electron chi connectivity index (χ4n) is 1.95. The van der Waals surface area contributed by atoms with Crippen molar-refractivity contribution in [2.45, 2.75) is 0 Å². The molecule has 3 rings (SSSR count). The van der Waals surface area contributed by atoms with Crippen LogP contribution < -0.4 is 4.74 Å². The maximum Gasteiger partial charge on any atom is 0.161 e. The Morgan fingerprint density at radius 3 is 2.50 bits per heavy atom. The van der Waals surface area contributed by atoms with Gasteiger partial charge in [0.05, 0.1) is 12.6 Å². The van der Waals surface area contributed by atoms with E-state index in [1.165, 1.54) is 0 Å². The zero-order chi connectivity index (χ0) is 14.1. The van der Waals surface area contributed by atoms with E-state index < -0.39 is 0 Å². The minimum absolute atomic E-state index is 0.139. The van der Waals surface area contributed by atoms with E-state index >= 15 is 0 Å². The number of hydrogen-bond acceptors (Lipinski definition) is 4. The summed E-state index contributed by atoms with van der Waals surface area (Å²) in [7, 11) is 1.62. The van der Waals surface area contributed by atoms with E-state index in [1.807, 2.05) is 24.3 Å². The fraction of sp³-hybridized carbons (Fsp3) is 0.0667. The molecule has 0 atom stereocenters. The number of nitrogens with zero attached hydrogens (tertiary/aromatic N) is 2. The van der Waals surface area contributed by atoms with Crippen LogP contribution in [0, 0.1) is 0 Å². The van der Waals surface area contributed by atoms with Crippen molar-refractivity contribution in [1.82, 2.24) is 9.97 Å². The molecular formula is C15H11ClN2O2. The first-order valence-corrected chi connectivity index (χ1v) is 6.36. The summed E-state index contributed by atoms with van der Waals surface area (Å²) in [6.45, 7) is 0. The Hall–Kier alpha value is -2.33. The Labute approximate surface area is 120 Å². The maximum atomic E-state index is 9.47. The molecule has 0 bridgehead atoms. The van der Waals surface area contributed by atoms with Gasteiger partial charge in [-0.2, -0.15) is 0 Å². The van der Waals surface area contributed by atoms with Crippen molar-refractivity contribution < 1.29 is 9.84 Å². The number of aromatic hydroxyl groups is 1. The SMILES string of the molecule is COc1ccc(-c2nc(Cl)c3cc(O)ccc3n2)cc1. The van der Waals surface area contributed by atoms with Gasteiger partial charge in [-0.3, -0.25) is 0 Å². The van der Waals surface area contributed by atoms with E-state index in [1.54, 1.807) is 25.3 Å². The van der Waals surface area contributed by atoms with E-state index in [9.17, 15) is 5.11 Å². The van der Waals surface area contributed by atoms with Crippen LogP contribution in [0.5, 0.6) is 11.5 Å². The van der Waals surface area contributed by atoms with Gasteiger partial charge < -0.3 is 9.84 Å². The molecule has 5 heteroatoms. The van der Waals surface area contributed by atoms with E-state index in [4.69, 9.17) is 16.3 Å². The van der Waals surface area contributed by atoms with Crippen LogP contribution in [0.2, 0.25) is 5.15 Å². The lowest BCUT2D eigenvalue weighted by atomic mass is 10.2. The molecule has 0 saturated carbocycles. The zero-order valence-electron chi connectivity index (χ0n) is 10.7. The van der Waals surface area contributed by atoms with Crippen LogP contribution in [-0.2, 0) is 0 Å². The van der Waals surface area contributed by atoms with E-state index in [0.717, 1.165) is 11.3 Å². The first kappa shape index (κ1) is 12.7. The standard InChI is InChI=1S/C15H11ClN2O2/c1-20-11-5-2-9(3-6-11)15-17-13-7-4-10(19)8-12(13)14(16)18-15/h2-8,19H,1H3. The number of rotatable bonds is 2. The molecule has 20 heavy (non-hydrogen) atoms. The van der Waals surface area contributed by atoms with Crippen LogP contribution in [-0.4, -0.2) is 22.2 Å². The Kier molecular flexibility index (Phi) is 3.16. The number of fused-ring (bicyclic) bond motifs is 1. The lowest BCUT2D eigenvalue weighted by Gasteiger charge is -2.06. The molecule has 1 heterocycles. The lowest BCUT2D eigenvalue weighted by molar-refractivity contribution is 0.415. The van der Waals surface area contributed by atoms with Crippen LogP contribution in [0.3, 0.4) is 0 Å². The Morgan fingerprint density at radius 2 is 1.80 bits per heavy atom. The zero-order valence-corrected chi connectivity index (χ0v) is 11.4. The molecule has 0 fully saturated rings. The number of benzene rings is 2. The average Bonchev–Trinajstić information content (AvgIpc) is 2.48. The number of hydrogen-bond donors (Lipinski definition) is 1. The second-order valence-electron chi connectivity index (χ2n) is 4.27. The van der Waals surface area contributed by atoms with Gasteiger partial charge in [0.15, 0.2) is 5.82 Å². The number of phenolic OH excluding ortho intramolecular Hbond substituents is 1. The quantitative estimate of drug-likeness (QED) is 0.730. The number of aromatic nitrogens is 2. The second-order valence-corrected chi connectivity index (χ2v) is 4.63. The molecule has 0 radical (unpaired) electrons. The van der Waals surface area contributed by atoms with Gasteiger partial charge in [0.25, 0.3) is 0 Å². The third-order valence-corrected chi connectivity index (χ3v) is 3.27. The van der Waals surface area contributed by atoms with Gasteiger partial charge in [-0.25, -0.2) is 9.97 Å². The summed E-state index contributed by atoms with van der Waals surface area (Å²) in [5.41, 5.74) is 1.54. The van der Waals surface area contributed by atoms with Crippen molar-refractivity contribution in [3.8, 4) is 22.9 Å². The maximum absolute atomic E-state index is 9.47. The second kappa shape index (κ2) is 4.98. The third-order valence-electron chi connectivity index (χ3n) is 2.98. The van der Waals surface area contributed by atoms with Crippen LogP contribution in [0.1, 0.15) is 0 Å². The van der Waals surface area contributed by atoms with Gasteiger partial charge in [-0.15, -0.1) is 0 Å². The monoisotopic (exact) mass is 286 g/mol. The predicted octanol–water partition coefficient (Wildman–Crippen LogP) is 3.66. The van der Waals surface area contributed by atoms with Gasteiger partial charge >= 0.3 is 0 Å². The molecule has 0 aliphatic heterocycles. The Bertz CT molecular complexity index is 773. The van der Waals surface area contributed by atoms with Crippen LogP contribution in [0.4, 0.5) is 0 Å². The Balaban J connectivity index is 2.14. The smallest absolute Gasteiger partial charge is 0.161 e. The molecule has 1 aromatic heterocycles. The Morgan fingerprint density at radius 1 is 1.05 bits per heavy atom. The van der Waals surface area contributed by atoms with Gasteiger partial charge in [0, 0.05) is 10.9 Å². The molecule has 0 spiro atoms. The summed E-state index contributed by atoms with van der Waals surface area (Å²) in [6, 6.07) is 12.3. The van der Waals surface area contributed by atoms with Crippen LogP contribution in [0.15, 0.2) is 42.5 Å². The lowest BCUT2D eigenvalue weighted by Crippen LogP contribution is -1.92. The summed E-state index contributed by atoms with van der Waals surface area (Å²) >= 11 is 6.16. The normalized spacial score (nSPS) is 10.7. The van der Waals surface area contributed by atoms with Crippen molar-refractivity contribution in [2.75, 3.05) is 7.11 Å². The van der Waals surface area contributed by atoms with E-state index in [0.29, 0.717) is 21.9 Å². The number of methoxy groups -OCH3 is 1. The first-order valence-electron chi connectivity index (χ1n) is 5.98. The van der Waals surface area contributed by atoms with Gasteiger partial charge in [0.2, 0.25) is 0 Å². The molecule has 0 amide bonds. The summed E-state index contributed by atoms with van der Waals surface area (Å²) < 4.78 is 5.12. The van der Waals surface area contributed by atoms with Gasteiger partial charge in [-0.05, 0) is 42.5 Å². The first-order chi connectivity index (χ1) is 9.67. The van der Waals surface area contributed by atoms with E-state index in [2.05, 4.69) is 9.97 Å². The molecular weight excluding hydrogens is 276 g/mol. The van der Waals surface area contributed by atoms with Crippen LogP contribution >= 0.6 is 11.6 Å². The van der Waals surface area contributed by atoms with E-state index in [-0.39, 0.29) is 5.75 Å². The number of halogens is 1. The highest BCUT2D eigenvalue weighted by Crippen LogP contribution is 2.28. The highest BCUT2D eigenvalue weighted by molar-refractivity contribution is 6.34. The van der Waals surface area contributed by atoms with Gasteiger partial charge in [0.1, 0.15) is 16.7 Å². The average molecular weight is 287 g/mol. The largest absolute Gasteiger partial charge is 0.508 e. The molecule has 4 nitrogen and oxygen atoms in total. The van der Waals surface area contributed by atoms with Crippen molar-refractivity contribution in [3.05, 3.63) is 47.6 Å². The molecule has 1 N–H and O–H groups in total. The summed E-state index contributed by atoms with van der Waals surface area (Å²) in [5.74, 6) is 1.45. The van der Waals surface area contributed by atoms with Crippen molar-refractivity contribution in [1.29, 1.82) is 0 Å². The van der Waals surface area contributed by atoms with Crippen molar-refractivity contribution in [2.24, 2.45) is 0 Å². The molecule has 0 aliphatic carbocycles. The molecule has 3 aromatic rings. The predicted molar refractivity (Wildman–Crippen MR) is 78.2 cm³/mol. The molecule has 0 saturated heterocycles. The minimum Gasteiger partial charge on any atom is -0.508 e. The molecule has 0 aliphatic rings. The third kappa shape index (κ3) is 2.26. The molecule has 2 aromatic carbocycles. The van der Waals surface area contributed by atoms with Crippen LogP contribution in [0.25, 0.3) is 22.3 Å². The summed E-state index contributed by atoms with van der Waals surface area (Å²) in [5, 5.41) is 10.4. The molecule has 0 unspecified atom stereocenters. The summed E-state index contributed by atoms with van der Waals surface area (Å²) in [4.78, 5) is 8.73. The van der Waals surface area contributed by atoms with Crippen molar-refractivity contribution in [3.63, 3.8) is 0 Å². The topological polar surface area (TPSA) is 55.2 Å². The molecule has 100 valence electrons. The highest BCUT2D eigenvalue weighted by Gasteiger charge is 2.08. The number of ether oxygens (including phenoxy) is 1. The van der Waals surface area contributed by atoms with Crippen molar-refractivity contribution >= 4 is 22.5 Å². The fourth-order valence-corrected chi connectivity index (χ4v) is 2.18. The van der Waals surface area contributed by atoms with Gasteiger partial charge in [-0.1, -0.05) is 11.6 Å². The minimum atomic E-state index is 0.139.